The van der Waals surface area contributed by atoms with Crippen LogP contribution in [0.1, 0.15) is 44.7 Å². The second-order valence-electron chi connectivity index (χ2n) is 6.99. The maximum atomic E-state index is 12.5. The minimum Gasteiger partial charge on any atom is -0.354 e. The van der Waals surface area contributed by atoms with E-state index in [1.54, 1.807) is 12.4 Å². The SMILES string of the molecule is Cc1cnc(-c2ccncc2)n1CCNC(=O)C1(C)CCCCC1. The van der Waals surface area contributed by atoms with Crippen LogP contribution in [-0.4, -0.2) is 27.0 Å². The van der Waals surface area contributed by atoms with Gasteiger partial charge in [-0.2, -0.15) is 0 Å². The van der Waals surface area contributed by atoms with Crippen LogP contribution >= 0.6 is 0 Å². The number of pyridine rings is 1. The molecule has 0 saturated heterocycles. The van der Waals surface area contributed by atoms with Gasteiger partial charge in [-0.1, -0.05) is 26.2 Å². The second kappa shape index (κ2) is 7.16. The Kier molecular flexibility index (Phi) is 4.97. The maximum Gasteiger partial charge on any atom is 0.225 e. The number of aryl methyl sites for hydroxylation is 1. The van der Waals surface area contributed by atoms with Crippen LogP contribution in [0.5, 0.6) is 0 Å². The van der Waals surface area contributed by atoms with Crippen molar-refractivity contribution in [3.05, 3.63) is 36.4 Å². The highest BCUT2D eigenvalue weighted by Crippen LogP contribution is 2.35. The van der Waals surface area contributed by atoms with Gasteiger partial charge in [0.05, 0.1) is 0 Å². The first kappa shape index (κ1) is 16.7. The molecule has 5 heteroatoms. The van der Waals surface area contributed by atoms with Gasteiger partial charge in [0, 0.05) is 48.4 Å². The van der Waals surface area contributed by atoms with E-state index in [1.165, 1.54) is 6.42 Å². The van der Waals surface area contributed by atoms with Crippen molar-refractivity contribution in [1.82, 2.24) is 19.9 Å². The molecule has 0 radical (unpaired) electrons. The highest BCUT2D eigenvalue weighted by molar-refractivity contribution is 5.82. The fraction of sp³-hybridized carbons (Fsp3) is 0.526. The van der Waals surface area contributed by atoms with Crippen LogP contribution in [0.4, 0.5) is 0 Å². The molecule has 1 fully saturated rings. The molecule has 0 spiro atoms. The largest absolute Gasteiger partial charge is 0.354 e. The van der Waals surface area contributed by atoms with Gasteiger partial charge in [-0.15, -0.1) is 0 Å². The summed E-state index contributed by atoms with van der Waals surface area (Å²) >= 11 is 0. The smallest absolute Gasteiger partial charge is 0.225 e. The molecular weight excluding hydrogens is 300 g/mol. The van der Waals surface area contributed by atoms with Crippen molar-refractivity contribution in [2.24, 2.45) is 5.41 Å². The number of aromatic nitrogens is 3. The fourth-order valence-electron chi connectivity index (χ4n) is 3.53. The van der Waals surface area contributed by atoms with Crippen molar-refractivity contribution in [2.75, 3.05) is 6.54 Å². The number of amides is 1. The van der Waals surface area contributed by atoms with Crippen LogP contribution in [0.3, 0.4) is 0 Å². The van der Waals surface area contributed by atoms with Gasteiger partial charge in [0.15, 0.2) is 0 Å². The standard InChI is InChI=1S/C19H26N4O/c1-15-14-22-17(16-6-10-20-11-7-16)23(15)13-12-21-18(24)19(2)8-4-3-5-9-19/h6-7,10-11,14H,3-5,8-9,12-13H2,1-2H3,(H,21,24). The quantitative estimate of drug-likeness (QED) is 0.917. The summed E-state index contributed by atoms with van der Waals surface area (Å²) in [4.78, 5) is 21.1. The highest BCUT2D eigenvalue weighted by Gasteiger charge is 2.34. The minimum atomic E-state index is -0.184. The van der Waals surface area contributed by atoms with E-state index in [0.29, 0.717) is 6.54 Å². The third kappa shape index (κ3) is 3.50. The normalized spacial score (nSPS) is 16.8. The van der Waals surface area contributed by atoms with E-state index in [0.717, 1.165) is 49.3 Å². The summed E-state index contributed by atoms with van der Waals surface area (Å²) in [5, 5.41) is 3.14. The lowest BCUT2D eigenvalue weighted by molar-refractivity contribution is -0.131. The molecule has 0 aromatic carbocycles. The predicted molar refractivity (Wildman–Crippen MR) is 94.4 cm³/mol. The first-order valence-electron chi connectivity index (χ1n) is 8.81. The zero-order valence-corrected chi connectivity index (χ0v) is 14.6. The van der Waals surface area contributed by atoms with Gasteiger partial charge < -0.3 is 9.88 Å². The summed E-state index contributed by atoms with van der Waals surface area (Å²) in [6.45, 7) is 5.50. The average Bonchev–Trinajstić information content (AvgIpc) is 2.97. The summed E-state index contributed by atoms with van der Waals surface area (Å²) in [6.07, 6.45) is 11.0. The average molecular weight is 326 g/mol. The van der Waals surface area contributed by atoms with Crippen LogP contribution in [0.2, 0.25) is 0 Å². The topological polar surface area (TPSA) is 59.8 Å². The molecule has 2 heterocycles. The molecule has 3 rings (SSSR count). The van der Waals surface area contributed by atoms with E-state index in [1.807, 2.05) is 25.3 Å². The fourth-order valence-corrected chi connectivity index (χ4v) is 3.53. The van der Waals surface area contributed by atoms with E-state index in [-0.39, 0.29) is 11.3 Å². The van der Waals surface area contributed by atoms with Crippen molar-refractivity contribution in [2.45, 2.75) is 52.5 Å². The Balaban J connectivity index is 1.63. The molecule has 0 aliphatic heterocycles. The number of hydrogen-bond acceptors (Lipinski definition) is 3. The monoisotopic (exact) mass is 326 g/mol. The molecule has 0 unspecified atom stereocenters. The van der Waals surface area contributed by atoms with Crippen LogP contribution in [-0.2, 0) is 11.3 Å². The molecule has 2 aromatic heterocycles. The Morgan fingerprint density at radius 3 is 2.67 bits per heavy atom. The molecule has 1 aliphatic rings. The zero-order chi connectivity index (χ0) is 17.0. The van der Waals surface area contributed by atoms with Crippen molar-refractivity contribution in [3.63, 3.8) is 0 Å². The Morgan fingerprint density at radius 1 is 1.25 bits per heavy atom. The van der Waals surface area contributed by atoms with E-state index >= 15 is 0 Å². The number of carbonyl (C=O) groups is 1. The van der Waals surface area contributed by atoms with Crippen molar-refractivity contribution < 1.29 is 4.79 Å². The lowest BCUT2D eigenvalue weighted by Crippen LogP contribution is -2.41. The number of nitrogens with one attached hydrogen (secondary N) is 1. The van der Waals surface area contributed by atoms with Crippen LogP contribution < -0.4 is 5.32 Å². The summed E-state index contributed by atoms with van der Waals surface area (Å²) in [6, 6.07) is 3.92. The van der Waals surface area contributed by atoms with Crippen LogP contribution in [0.25, 0.3) is 11.4 Å². The zero-order valence-electron chi connectivity index (χ0n) is 14.6. The number of rotatable bonds is 5. The molecule has 1 saturated carbocycles. The summed E-state index contributed by atoms with van der Waals surface area (Å²) in [7, 11) is 0. The predicted octanol–water partition coefficient (Wildman–Crippen LogP) is 3.34. The van der Waals surface area contributed by atoms with E-state index < -0.39 is 0 Å². The highest BCUT2D eigenvalue weighted by atomic mass is 16.2. The molecule has 5 nitrogen and oxygen atoms in total. The molecule has 0 atom stereocenters. The van der Waals surface area contributed by atoms with Crippen molar-refractivity contribution in [3.8, 4) is 11.4 Å². The van der Waals surface area contributed by atoms with Crippen LogP contribution in [0, 0.1) is 12.3 Å². The second-order valence-corrected chi connectivity index (χ2v) is 6.99. The van der Waals surface area contributed by atoms with Gasteiger partial charge in [0.2, 0.25) is 5.91 Å². The molecule has 1 amide bonds. The van der Waals surface area contributed by atoms with Gasteiger partial charge in [0.1, 0.15) is 5.82 Å². The molecule has 24 heavy (non-hydrogen) atoms. The first-order valence-corrected chi connectivity index (χ1v) is 8.81. The molecule has 2 aromatic rings. The number of carbonyl (C=O) groups excluding carboxylic acids is 1. The van der Waals surface area contributed by atoms with E-state index in [2.05, 4.69) is 26.8 Å². The van der Waals surface area contributed by atoms with Gasteiger partial charge in [-0.3, -0.25) is 9.78 Å². The third-order valence-corrected chi connectivity index (χ3v) is 5.12. The maximum absolute atomic E-state index is 12.5. The Bertz CT molecular complexity index is 687. The third-order valence-electron chi connectivity index (χ3n) is 5.12. The minimum absolute atomic E-state index is 0.184. The summed E-state index contributed by atoms with van der Waals surface area (Å²) in [5.74, 6) is 1.12. The number of nitrogens with zero attached hydrogens (tertiary/aromatic N) is 3. The molecule has 1 N–H and O–H groups in total. The number of imidazole rings is 1. The summed E-state index contributed by atoms with van der Waals surface area (Å²) < 4.78 is 2.15. The van der Waals surface area contributed by atoms with E-state index in [9.17, 15) is 4.79 Å². The molecule has 0 bridgehead atoms. The van der Waals surface area contributed by atoms with Gasteiger partial charge >= 0.3 is 0 Å². The lowest BCUT2D eigenvalue weighted by atomic mass is 9.75. The van der Waals surface area contributed by atoms with Crippen molar-refractivity contribution in [1.29, 1.82) is 0 Å². The molecule has 128 valence electrons. The van der Waals surface area contributed by atoms with E-state index in [4.69, 9.17) is 0 Å². The Hall–Kier alpha value is -2.17. The molecule has 1 aliphatic carbocycles. The molecular formula is C19H26N4O. The van der Waals surface area contributed by atoms with Crippen LogP contribution in [0.15, 0.2) is 30.7 Å². The first-order chi connectivity index (χ1) is 11.6. The Morgan fingerprint density at radius 2 is 1.96 bits per heavy atom. The number of hydrogen-bond donors (Lipinski definition) is 1. The van der Waals surface area contributed by atoms with Gasteiger partial charge in [-0.05, 0) is 31.9 Å². The summed E-state index contributed by atoms with van der Waals surface area (Å²) in [5.41, 5.74) is 1.96. The van der Waals surface area contributed by atoms with Gasteiger partial charge in [-0.25, -0.2) is 4.98 Å². The Labute approximate surface area is 143 Å². The van der Waals surface area contributed by atoms with Gasteiger partial charge in [0.25, 0.3) is 0 Å². The van der Waals surface area contributed by atoms with Crippen molar-refractivity contribution >= 4 is 5.91 Å². The lowest BCUT2D eigenvalue weighted by Gasteiger charge is -2.32.